The van der Waals surface area contributed by atoms with Gasteiger partial charge in [-0.1, -0.05) is 62.1 Å². The van der Waals surface area contributed by atoms with Crippen molar-refractivity contribution in [1.82, 2.24) is 10.9 Å². The van der Waals surface area contributed by atoms with Gasteiger partial charge in [-0.2, -0.15) is 10.2 Å². The number of benzene rings is 4. The Morgan fingerprint density at radius 1 is 0.479 bits per heavy atom. The molecule has 0 aliphatic heterocycles. The molecule has 0 aliphatic carbocycles. The second-order valence-corrected chi connectivity index (χ2v) is 10.9. The lowest BCUT2D eigenvalue weighted by molar-refractivity contribution is -0.122. The molecule has 0 spiro atoms. The van der Waals surface area contributed by atoms with Crippen LogP contribution in [0.2, 0.25) is 0 Å². The monoisotopic (exact) mass is 646 g/mol. The number of ether oxygens (including phenoxy) is 2. The van der Waals surface area contributed by atoms with Gasteiger partial charge in [-0.15, -0.1) is 0 Å². The second kappa shape index (κ2) is 19.6. The number of amides is 2. The van der Waals surface area contributed by atoms with Crippen LogP contribution in [0.25, 0.3) is 0 Å². The molecule has 0 saturated heterocycles. The number of unbranched alkanes of at least 4 members (excludes halogenated alkanes) is 5. The molecule has 0 atom stereocenters. The molecule has 48 heavy (non-hydrogen) atoms. The second-order valence-electron chi connectivity index (χ2n) is 10.9. The van der Waals surface area contributed by atoms with Crippen LogP contribution in [0.15, 0.2) is 119 Å². The maximum absolute atomic E-state index is 12.1. The number of carbonyl (C=O) groups is 4. The summed E-state index contributed by atoms with van der Waals surface area (Å²) in [5.74, 6) is -0.326. The molecule has 10 heteroatoms. The number of carbonyl (C=O) groups excluding carboxylic acids is 4. The SMILES string of the molecule is O=C(CCCCCCCCC(=O)NN=Cc1ccc(OC(=O)c2ccccc2)cc1)NN=Cc1ccc(OC(=O)c2ccccc2)cc1. The summed E-state index contributed by atoms with van der Waals surface area (Å²) in [6, 6.07) is 31.2. The van der Waals surface area contributed by atoms with Gasteiger partial charge in [-0.3, -0.25) is 9.59 Å². The van der Waals surface area contributed by atoms with Crippen LogP contribution in [0.4, 0.5) is 0 Å². The highest BCUT2D eigenvalue weighted by atomic mass is 16.5. The van der Waals surface area contributed by atoms with Gasteiger partial charge in [0.15, 0.2) is 0 Å². The Kier molecular flexibility index (Phi) is 14.3. The highest BCUT2D eigenvalue weighted by Crippen LogP contribution is 2.15. The highest BCUT2D eigenvalue weighted by molar-refractivity contribution is 5.92. The number of hydrazone groups is 2. The third-order valence-corrected chi connectivity index (χ3v) is 7.06. The minimum absolute atomic E-state index is 0.153. The van der Waals surface area contributed by atoms with Crippen LogP contribution in [0.1, 0.15) is 83.2 Å². The van der Waals surface area contributed by atoms with Gasteiger partial charge in [-0.25, -0.2) is 20.4 Å². The summed E-state index contributed by atoms with van der Waals surface area (Å²) in [7, 11) is 0. The van der Waals surface area contributed by atoms with Gasteiger partial charge < -0.3 is 9.47 Å². The van der Waals surface area contributed by atoms with Crippen molar-refractivity contribution in [3.05, 3.63) is 131 Å². The van der Waals surface area contributed by atoms with E-state index < -0.39 is 11.9 Å². The van der Waals surface area contributed by atoms with Gasteiger partial charge in [0.1, 0.15) is 11.5 Å². The van der Waals surface area contributed by atoms with Crippen molar-refractivity contribution in [3.8, 4) is 11.5 Å². The van der Waals surface area contributed by atoms with E-state index in [1.165, 1.54) is 12.4 Å². The summed E-state index contributed by atoms with van der Waals surface area (Å²) in [6.07, 6.45) is 9.15. The van der Waals surface area contributed by atoms with Crippen molar-refractivity contribution >= 4 is 36.2 Å². The minimum Gasteiger partial charge on any atom is -0.423 e. The molecule has 4 aromatic rings. The van der Waals surface area contributed by atoms with Crippen LogP contribution < -0.4 is 20.3 Å². The lowest BCUT2D eigenvalue weighted by atomic mass is 10.1. The maximum Gasteiger partial charge on any atom is 0.343 e. The summed E-state index contributed by atoms with van der Waals surface area (Å²) >= 11 is 0. The fraction of sp³-hybridized carbons (Fsp3) is 0.211. The fourth-order valence-electron chi connectivity index (χ4n) is 4.47. The predicted molar refractivity (Wildman–Crippen MR) is 184 cm³/mol. The smallest absolute Gasteiger partial charge is 0.343 e. The highest BCUT2D eigenvalue weighted by Gasteiger charge is 2.09. The quantitative estimate of drug-likeness (QED) is 0.0424. The van der Waals surface area contributed by atoms with Gasteiger partial charge in [-0.05, 0) is 96.8 Å². The number of nitrogens with zero attached hydrogens (tertiary/aromatic N) is 2. The Morgan fingerprint density at radius 3 is 1.21 bits per heavy atom. The first-order chi connectivity index (χ1) is 23.5. The maximum atomic E-state index is 12.1. The van der Waals surface area contributed by atoms with Crippen LogP contribution in [0, 0.1) is 0 Å². The zero-order valence-corrected chi connectivity index (χ0v) is 26.5. The average Bonchev–Trinajstić information content (AvgIpc) is 3.11. The molecule has 2 amide bonds. The van der Waals surface area contributed by atoms with Crippen molar-refractivity contribution in [2.75, 3.05) is 0 Å². The molecule has 0 unspecified atom stereocenters. The molecule has 0 saturated carbocycles. The summed E-state index contributed by atoms with van der Waals surface area (Å²) in [4.78, 5) is 48.4. The minimum atomic E-state index is -0.430. The lowest BCUT2D eigenvalue weighted by Gasteiger charge is -2.04. The Bertz CT molecular complexity index is 1550. The van der Waals surface area contributed by atoms with Gasteiger partial charge in [0.05, 0.1) is 23.6 Å². The molecule has 2 N–H and O–H groups in total. The van der Waals surface area contributed by atoms with Crippen molar-refractivity contribution in [3.63, 3.8) is 0 Å². The Morgan fingerprint density at radius 2 is 0.833 bits per heavy atom. The lowest BCUT2D eigenvalue weighted by Crippen LogP contribution is -2.17. The first-order valence-corrected chi connectivity index (χ1v) is 15.8. The van der Waals surface area contributed by atoms with E-state index in [-0.39, 0.29) is 11.8 Å². The Hall–Kier alpha value is -5.90. The van der Waals surface area contributed by atoms with E-state index in [9.17, 15) is 19.2 Å². The van der Waals surface area contributed by atoms with Gasteiger partial charge >= 0.3 is 11.9 Å². The fourth-order valence-corrected chi connectivity index (χ4v) is 4.47. The van der Waals surface area contributed by atoms with Crippen LogP contribution in [0.5, 0.6) is 11.5 Å². The van der Waals surface area contributed by atoms with E-state index in [1.807, 2.05) is 12.1 Å². The van der Waals surface area contributed by atoms with E-state index in [0.29, 0.717) is 35.5 Å². The van der Waals surface area contributed by atoms with Crippen molar-refractivity contribution < 1.29 is 28.7 Å². The number of hydrogen-bond donors (Lipinski definition) is 2. The Labute approximate surface area is 279 Å². The molecule has 0 fully saturated rings. The van der Waals surface area contributed by atoms with Crippen LogP contribution >= 0.6 is 0 Å². The third-order valence-electron chi connectivity index (χ3n) is 7.06. The normalized spacial score (nSPS) is 10.9. The van der Waals surface area contributed by atoms with E-state index >= 15 is 0 Å². The van der Waals surface area contributed by atoms with Crippen molar-refractivity contribution in [1.29, 1.82) is 0 Å². The molecule has 0 bridgehead atoms. The predicted octanol–water partition coefficient (Wildman–Crippen LogP) is 6.85. The molecule has 0 radical (unpaired) electrons. The first-order valence-electron chi connectivity index (χ1n) is 15.8. The summed E-state index contributed by atoms with van der Waals surface area (Å²) in [5, 5.41) is 8.00. The number of nitrogens with one attached hydrogen (secondary N) is 2. The van der Waals surface area contributed by atoms with Crippen molar-refractivity contribution in [2.24, 2.45) is 10.2 Å². The molecule has 0 aliphatic rings. The molecule has 246 valence electrons. The number of rotatable bonds is 17. The molecule has 0 heterocycles. The largest absolute Gasteiger partial charge is 0.423 e. The van der Waals surface area contributed by atoms with E-state index in [2.05, 4.69) is 21.1 Å². The first kappa shape index (κ1) is 35.0. The molecular formula is C38H38N4O6. The van der Waals surface area contributed by atoms with E-state index in [1.54, 1.807) is 97.1 Å². The zero-order valence-electron chi connectivity index (χ0n) is 26.5. The summed E-state index contributed by atoms with van der Waals surface area (Å²) in [6.45, 7) is 0. The summed E-state index contributed by atoms with van der Waals surface area (Å²) in [5.41, 5.74) is 7.53. The van der Waals surface area contributed by atoms with Crippen LogP contribution in [-0.4, -0.2) is 36.2 Å². The van der Waals surface area contributed by atoms with Gasteiger partial charge in [0.25, 0.3) is 0 Å². The molecule has 10 nitrogen and oxygen atoms in total. The Balaban J connectivity index is 0.992. The molecule has 0 aromatic heterocycles. The van der Waals surface area contributed by atoms with E-state index in [0.717, 1.165) is 49.7 Å². The molecular weight excluding hydrogens is 608 g/mol. The standard InChI is InChI=1S/C38H38N4O6/c43-35(41-39-27-29-19-23-33(24-20-29)47-37(45)31-13-7-5-8-14-31)17-11-3-1-2-4-12-18-36(44)42-40-28-30-21-25-34(26-22-30)48-38(46)32-15-9-6-10-16-32/h5-10,13-16,19-28H,1-4,11-12,17-18H2,(H,41,43)(H,42,44). The number of esters is 2. The summed E-state index contributed by atoms with van der Waals surface area (Å²) < 4.78 is 10.7. The van der Waals surface area contributed by atoms with Crippen LogP contribution in [0.3, 0.4) is 0 Å². The topological polar surface area (TPSA) is 136 Å². The zero-order chi connectivity index (χ0) is 33.8. The van der Waals surface area contributed by atoms with E-state index in [4.69, 9.17) is 9.47 Å². The molecule has 4 aromatic carbocycles. The third kappa shape index (κ3) is 12.8. The van der Waals surface area contributed by atoms with Crippen molar-refractivity contribution in [2.45, 2.75) is 51.4 Å². The van der Waals surface area contributed by atoms with Crippen LogP contribution in [-0.2, 0) is 9.59 Å². The number of hydrogen-bond acceptors (Lipinski definition) is 8. The average molecular weight is 647 g/mol. The van der Waals surface area contributed by atoms with Gasteiger partial charge in [0, 0.05) is 12.8 Å². The van der Waals surface area contributed by atoms with Gasteiger partial charge in [0.2, 0.25) is 11.8 Å². The molecule has 4 rings (SSSR count).